The van der Waals surface area contributed by atoms with Crippen LogP contribution in [-0.4, -0.2) is 35.3 Å². The van der Waals surface area contributed by atoms with E-state index < -0.39 is 28.9 Å². The SMILES string of the molecule is COc1ccc(-c2sc(NC(=O)C(F)(F)F)nc2C(=O)O)cc1. The molecule has 10 heteroatoms. The Morgan fingerprint density at radius 2 is 1.87 bits per heavy atom. The molecule has 2 N–H and O–H groups in total. The number of halogens is 3. The number of aromatic carboxylic acids is 1. The third kappa shape index (κ3) is 3.77. The number of hydrogen-bond acceptors (Lipinski definition) is 5. The molecule has 0 aliphatic carbocycles. The first kappa shape index (κ1) is 16.7. The van der Waals surface area contributed by atoms with Gasteiger partial charge in [0.15, 0.2) is 10.8 Å². The highest BCUT2D eigenvalue weighted by Crippen LogP contribution is 2.34. The van der Waals surface area contributed by atoms with E-state index >= 15 is 0 Å². The lowest BCUT2D eigenvalue weighted by atomic mass is 10.1. The van der Waals surface area contributed by atoms with Gasteiger partial charge in [-0.3, -0.25) is 10.1 Å². The second-order valence-electron chi connectivity index (χ2n) is 4.18. The number of nitrogens with zero attached hydrogens (tertiary/aromatic N) is 1. The molecule has 1 amide bonds. The van der Waals surface area contributed by atoms with Crippen molar-refractivity contribution in [2.24, 2.45) is 0 Å². The van der Waals surface area contributed by atoms with Gasteiger partial charge in [0.25, 0.3) is 0 Å². The molecule has 0 bridgehead atoms. The van der Waals surface area contributed by atoms with Crippen molar-refractivity contribution in [3.05, 3.63) is 30.0 Å². The summed E-state index contributed by atoms with van der Waals surface area (Å²) >= 11 is 0.634. The third-order valence-corrected chi connectivity index (χ3v) is 3.68. The Morgan fingerprint density at radius 3 is 2.35 bits per heavy atom. The number of benzene rings is 1. The van der Waals surface area contributed by atoms with E-state index in [1.54, 1.807) is 17.4 Å². The van der Waals surface area contributed by atoms with Crippen LogP contribution in [-0.2, 0) is 4.79 Å². The van der Waals surface area contributed by atoms with E-state index in [1.165, 1.54) is 19.2 Å². The van der Waals surface area contributed by atoms with Gasteiger partial charge in [-0.05, 0) is 29.8 Å². The molecule has 0 aliphatic heterocycles. The molecule has 2 rings (SSSR count). The molecule has 0 radical (unpaired) electrons. The van der Waals surface area contributed by atoms with Gasteiger partial charge in [0, 0.05) is 0 Å². The van der Waals surface area contributed by atoms with E-state index in [2.05, 4.69) is 4.98 Å². The number of thiazole rings is 1. The lowest BCUT2D eigenvalue weighted by Gasteiger charge is -2.04. The lowest BCUT2D eigenvalue weighted by Crippen LogP contribution is -2.29. The number of anilines is 1. The summed E-state index contributed by atoms with van der Waals surface area (Å²) in [6, 6.07) is 6.20. The van der Waals surface area contributed by atoms with Crippen molar-refractivity contribution < 1.29 is 32.6 Å². The average Bonchev–Trinajstić information content (AvgIpc) is 2.90. The normalized spacial score (nSPS) is 11.1. The number of ether oxygens (including phenoxy) is 1. The largest absolute Gasteiger partial charge is 0.497 e. The number of methoxy groups -OCH3 is 1. The van der Waals surface area contributed by atoms with Crippen LogP contribution >= 0.6 is 11.3 Å². The van der Waals surface area contributed by atoms with Gasteiger partial charge in [0.1, 0.15) is 5.75 Å². The highest BCUT2D eigenvalue weighted by atomic mass is 32.1. The van der Waals surface area contributed by atoms with Crippen molar-refractivity contribution in [1.29, 1.82) is 0 Å². The standard InChI is InChI=1S/C13H9F3N2O4S/c1-22-7-4-2-6(3-5-7)9-8(10(19)20)17-12(23-9)18-11(21)13(14,15)16/h2-5H,1H3,(H,19,20)(H,17,18,21). The molecule has 1 aromatic heterocycles. The first-order chi connectivity index (χ1) is 10.7. The number of rotatable bonds is 4. The van der Waals surface area contributed by atoms with Crippen molar-refractivity contribution in [2.45, 2.75) is 6.18 Å². The quantitative estimate of drug-likeness (QED) is 0.888. The van der Waals surface area contributed by atoms with Gasteiger partial charge in [0.2, 0.25) is 0 Å². The fourth-order valence-corrected chi connectivity index (χ4v) is 2.58. The Labute approximate surface area is 131 Å². The van der Waals surface area contributed by atoms with Crippen molar-refractivity contribution in [2.75, 3.05) is 12.4 Å². The highest BCUT2D eigenvalue weighted by Gasteiger charge is 2.39. The van der Waals surface area contributed by atoms with E-state index in [4.69, 9.17) is 9.84 Å². The van der Waals surface area contributed by atoms with Gasteiger partial charge in [-0.15, -0.1) is 0 Å². The molecular formula is C13H9F3N2O4S. The second-order valence-corrected chi connectivity index (χ2v) is 5.18. The highest BCUT2D eigenvalue weighted by molar-refractivity contribution is 7.19. The van der Waals surface area contributed by atoms with Crippen LogP contribution in [0.3, 0.4) is 0 Å². The summed E-state index contributed by atoms with van der Waals surface area (Å²) in [4.78, 5) is 25.8. The van der Waals surface area contributed by atoms with E-state index in [0.29, 0.717) is 22.6 Å². The molecule has 0 saturated carbocycles. The van der Waals surface area contributed by atoms with Gasteiger partial charge in [-0.1, -0.05) is 11.3 Å². The van der Waals surface area contributed by atoms with Crippen LogP contribution in [0.15, 0.2) is 24.3 Å². The number of alkyl halides is 3. The minimum absolute atomic E-state index is 0.123. The summed E-state index contributed by atoms with van der Waals surface area (Å²) in [6.07, 6.45) is -5.09. The molecule has 0 saturated heterocycles. The van der Waals surface area contributed by atoms with Crippen LogP contribution in [0, 0.1) is 0 Å². The summed E-state index contributed by atoms with van der Waals surface area (Å²) in [5, 5.41) is 10.2. The molecule has 1 heterocycles. The fraction of sp³-hybridized carbons (Fsp3) is 0.154. The van der Waals surface area contributed by atoms with Crippen LogP contribution in [0.5, 0.6) is 5.75 Å². The van der Waals surface area contributed by atoms with Crippen molar-refractivity contribution >= 4 is 28.3 Å². The zero-order valence-electron chi connectivity index (χ0n) is 11.5. The van der Waals surface area contributed by atoms with Crippen LogP contribution < -0.4 is 10.1 Å². The number of hydrogen-bond donors (Lipinski definition) is 2. The zero-order chi connectivity index (χ0) is 17.2. The van der Waals surface area contributed by atoms with Crippen molar-refractivity contribution in [3.63, 3.8) is 0 Å². The van der Waals surface area contributed by atoms with Crippen molar-refractivity contribution in [1.82, 2.24) is 4.98 Å². The Kier molecular flexibility index (Phi) is 4.55. The van der Waals surface area contributed by atoms with Gasteiger partial charge >= 0.3 is 18.1 Å². The minimum Gasteiger partial charge on any atom is -0.497 e. The van der Waals surface area contributed by atoms with E-state index in [1.807, 2.05) is 0 Å². The van der Waals surface area contributed by atoms with Gasteiger partial charge in [-0.2, -0.15) is 13.2 Å². The molecule has 0 spiro atoms. The Hall–Kier alpha value is -2.62. The van der Waals surface area contributed by atoms with E-state index in [-0.39, 0.29) is 4.88 Å². The first-order valence-corrected chi connectivity index (χ1v) is 6.80. The summed E-state index contributed by atoms with van der Waals surface area (Å²) in [5.41, 5.74) is -0.0224. The number of carbonyl (C=O) groups is 2. The molecule has 122 valence electrons. The number of amides is 1. The zero-order valence-corrected chi connectivity index (χ0v) is 12.3. The van der Waals surface area contributed by atoms with Crippen LogP contribution in [0.4, 0.5) is 18.3 Å². The monoisotopic (exact) mass is 346 g/mol. The maximum atomic E-state index is 12.2. The average molecular weight is 346 g/mol. The van der Waals surface area contributed by atoms with E-state index in [9.17, 15) is 22.8 Å². The number of nitrogens with one attached hydrogen (secondary N) is 1. The summed E-state index contributed by atoms with van der Waals surface area (Å²) in [5.74, 6) is -3.11. The minimum atomic E-state index is -5.09. The molecule has 2 aromatic rings. The Morgan fingerprint density at radius 1 is 1.26 bits per heavy atom. The summed E-state index contributed by atoms with van der Waals surface area (Å²) < 4.78 is 41.7. The van der Waals surface area contributed by atoms with E-state index in [0.717, 1.165) is 0 Å². The number of carboxylic acid groups (broad SMARTS) is 1. The molecule has 0 unspecified atom stereocenters. The number of carboxylic acids is 1. The second kappa shape index (κ2) is 6.24. The number of carbonyl (C=O) groups excluding carboxylic acids is 1. The summed E-state index contributed by atoms with van der Waals surface area (Å²) in [7, 11) is 1.45. The Bertz CT molecular complexity index is 741. The third-order valence-electron chi connectivity index (χ3n) is 2.66. The topological polar surface area (TPSA) is 88.5 Å². The smallest absolute Gasteiger partial charge is 0.471 e. The predicted molar refractivity (Wildman–Crippen MR) is 75.7 cm³/mol. The number of aromatic nitrogens is 1. The fourth-order valence-electron chi connectivity index (χ4n) is 1.62. The lowest BCUT2D eigenvalue weighted by molar-refractivity contribution is -0.167. The first-order valence-electron chi connectivity index (χ1n) is 5.99. The van der Waals surface area contributed by atoms with Crippen molar-refractivity contribution in [3.8, 4) is 16.2 Å². The maximum Gasteiger partial charge on any atom is 0.471 e. The maximum absolute atomic E-state index is 12.2. The van der Waals surface area contributed by atoms with Crippen LogP contribution in [0.2, 0.25) is 0 Å². The molecule has 6 nitrogen and oxygen atoms in total. The van der Waals surface area contributed by atoms with Gasteiger partial charge in [0.05, 0.1) is 12.0 Å². The molecule has 0 aliphatic rings. The molecule has 1 aromatic carbocycles. The molecule has 0 fully saturated rings. The Balaban J connectivity index is 2.38. The van der Waals surface area contributed by atoms with Gasteiger partial charge < -0.3 is 9.84 Å². The molecule has 0 atom stereocenters. The molecular weight excluding hydrogens is 337 g/mol. The predicted octanol–water partition coefficient (Wildman–Crippen LogP) is 3.02. The van der Waals surface area contributed by atoms with Crippen LogP contribution in [0.25, 0.3) is 10.4 Å². The van der Waals surface area contributed by atoms with Gasteiger partial charge in [-0.25, -0.2) is 9.78 Å². The van der Waals surface area contributed by atoms with Crippen LogP contribution in [0.1, 0.15) is 10.5 Å². The summed E-state index contributed by atoms with van der Waals surface area (Å²) in [6.45, 7) is 0. The molecule has 23 heavy (non-hydrogen) atoms.